The molecule has 0 bridgehead atoms. The summed E-state index contributed by atoms with van der Waals surface area (Å²) in [6, 6.07) is 15.0. The van der Waals surface area contributed by atoms with Gasteiger partial charge < -0.3 is 19.5 Å². The zero-order valence-corrected chi connectivity index (χ0v) is 25.5. The summed E-state index contributed by atoms with van der Waals surface area (Å²) in [4.78, 5) is 55.2. The monoisotopic (exact) mass is 593 g/mol. The van der Waals surface area contributed by atoms with Gasteiger partial charge in [0, 0.05) is 6.54 Å². The van der Waals surface area contributed by atoms with Crippen molar-refractivity contribution in [1.82, 2.24) is 14.9 Å². The highest BCUT2D eigenvalue weighted by Gasteiger charge is 2.35. The number of hydrogen-bond donors (Lipinski definition) is 2. The van der Waals surface area contributed by atoms with Crippen molar-refractivity contribution in [2.24, 2.45) is 0 Å². The van der Waals surface area contributed by atoms with E-state index in [1.165, 1.54) is 6.07 Å². The van der Waals surface area contributed by atoms with Gasteiger partial charge in [0.2, 0.25) is 0 Å². The third kappa shape index (κ3) is 6.91. The fourth-order valence-electron chi connectivity index (χ4n) is 4.24. The summed E-state index contributed by atoms with van der Waals surface area (Å²) in [5.41, 5.74) is -1.43. The fourth-order valence-corrected chi connectivity index (χ4v) is 5.19. The Hall–Kier alpha value is -4.38. The minimum absolute atomic E-state index is 0.247. The number of carbonyl (C=O) groups excluding carboxylic acids is 2. The van der Waals surface area contributed by atoms with Crippen LogP contribution in [-0.4, -0.2) is 39.7 Å². The first-order valence-corrected chi connectivity index (χ1v) is 14.2. The molecule has 0 radical (unpaired) electrons. The Kier molecular flexibility index (Phi) is 8.63. The van der Waals surface area contributed by atoms with Crippen molar-refractivity contribution in [3.8, 4) is 11.5 Å². The maximum atomic E-state index is 13.4. The van der Waals surface area contributed by atoms with Gasteiger partial charge in [-0.3, -0.25) is 19.1 Å². The second kappa shape index (κ2) is 11.8. The standard InChI is InChI=1S/C31H35N3O7S/c1-18(20-11-13-21(14-12-20)40-31(5,6)28(37)41-30(2,3)4)34-27(36)23-16-24(42-26(23)33-29(34)38)25(35)32-17-19-9-8-10-22(15-19)39-7/h8-16,18H,17H2,1-7H3,(H,32,35)(H,33,38). The summed E-state index contributed by atoms with van der Waals surface area (Å²) in [5, 5.41) is 3.09. The molecule has 4 rings (SSSR count). The molecule has 1 atom stereocenters. The number of nitrogens with zero attached hydrogens (tertiary/aromatic N) is 1. The van der Waals surface area contributed by atoms with Crippen LogP contribution in [0.15, 0.2) is 64.2 Å². The molecule has 0 saturated heterocycles. The number of ether oxygens (including phenoxy) is 3. The first-order valence-electron chi connectivity index (χ1n) is 13.4. The van der Waals surface area contributed by atoms with Gasteiger partial charge in [0.15, 0.2) is 5.60 Å². The van der Waals surface area contributed by atoms with Gasteiger partial charge in [-0.15, -0.1) is 11.3 Å². The van der Waals surface area contributed by atoms with Crippen molar-refractivity contribution in [1.29, 1.82) is 0 Å². The Morgan fingerprint density at radius 1 is 1.00 bits per heavy atom. The Labute approximate surface area is 247 Å². The van der Waals surface area contributed by atoms with E-state index in [2.05, 4.69) is 10.3 Å². The van der Waals surface area contributed by atoms with Crippen molar-refractivity contribution >= 4 is 33.4 Å². The Bertz CT molecular complexity index is 1730. The second-order valence-electron chi connectivity index (χ2n) is 11.4. The van der Waals surface area contributed by atoms with Gasteiger partial charge >= 0.3 is 11.7 Å². The molecule has 0 spiro atoms. The van der Waals surface area contributed by atoms with Crippen LogP contribution >= 0.6 is 11.3 Å². The van der Waals surface area contributed by atoms with Gasteiger partial charge in [-0.1, -0.05) is 24.3 Å². The van der Waals surface area contributed by atoms with Crippen LogP contribution in [0.5, 0.6) is 11.5 Å². The largest absolute Gasteiger partial charge is 0.497 e. The van der Waals surface area contributed by atoms with Gasteiger partial charge in [0.25, 0.3) is 11.5 Å². The summed E-state index contributed by atoms with van der Waals surface area (Å²) in [6.45, 7) is 10.6. The molecule has 2 N–H and O–H groups in total. The average Bonchev–Trinajstić information content (AvgIpc) is 3.35. The van der Waals surface area contributed by atoms with Gasteiger partial charge in [0.1, 0.15) is 21.9 Å². The SMILES string of the molecule is COc1cccc(CNC(=O)c2cc3c(=O)n(C(C)c4ccc(OC(C)(C)C(=O)OC(C)(C)C)cc4)c(=O)[nH]c3s2)c1. The lowest BCUT2D eigenvalue weighted by atomic mass is 10.1. The van der Waals surface area contributed by atoms with Crippen LogP contribution in [0.4, 0.5) is 0 Å². The van der Waals surface area contributed by atoms with E-state index in [0.29, 0.717) is 26.8 Å². The van der Waals surface area contributed by atoms with E-state index in [1.807, 2.05) is 24.3 Å². The van der Waals surface area contributed by atoms with E-state index in [1.54, 1.807) is 72.9 Å². The summed E-state index contributed by atoms with van der Waals surface area (Å²) in [7, 11) is 1.57. The van der Waals surface area contributed by atoms with Crippen LogP contribution in [0.3, 0.4) is 0 Å². The molecule has 0 aliphatic heterocycles. The lowest BCUT2D eigenvalue weighted by Gasteiger charge is -2.29. The van der Waals surface area contributed by atoms with Crippen LogP contribution in [-0.2, 0) is 16.1 Å². The number of nitrogens with one attached hydrogen (secondary N) is 2. The van der Waals surface area contributed by atoms with Crippen molar-refractivity contribution in [2.45, 2.75) is 65.3 Å². The van der Waals surface area contributed by atoms with E-state index in [-0.39, 0.29) is 17.8 Å². The molecule has 42 heavy (non-hydrogen) atoms. The number of esters is 1. The predicted octanol–water partition coefficient (Wildman–Crippen LogP) is 4.80. The highest BCUT2D eigenvalue weighted by atomic mass is 32.1. The molecular formula is C31H35N3O7S. The molecule has 222 valence electrons. The average molecular weight is 594 g/mol. The Morgan fingerprint density at radius 3 is 2.33 bits per heavy atom. The predicted molar refractivity (Wildman–Crippen MR) is 162 cm³/mol. The maximum absolute atomic E-state index is 13.4. The number of H-pyrrole nitrogens is 1. The molecule has 1 amide bonds. The molecular weight excluding hydrogens is 558 g/mol. The molecule has 4 aromatic rings. The van der Waals surface area contributed by atoms with Crippen molar-refractivity contribution in [2.75, 3.05) is 7.11 Å². The summed E-state index contributed by atoms with van der Waals surface area (Å²) in [5.74, 6) is 0.260. The van der Waals surface area contributed by atoms with Crippen LogP contribution in [0.1, 0.15) is 68.4 Å². The summed E-state index contributed by atoms with van der Waals surface area (Å²) < 4.78 is 17.7. The summed E-state index contributed by atoms with van der Waals surface area (Å²) >= 11 is 1.05. The van der Waals surface area contributed by atoms with E-state index >= 15 is 0 Å². The van der Waals surface area contributed by atoms with Crippen molar-refractivity contribution in [3.63, 3.8) is 0 Å². The fraction of sp³-hybridized carbons (Fsp3) is 0.355. The maximum Gasteiger partial charge on any atom is 0.350 e. The van der Waals surface area contributed by atoms with Gasteiger partial charge in [-0.05, 0) is 83.0 Å². The quantitative estimate of drug-likeness (QED) is 0.267. The van der Waals surface area contributed by atoms with E-state index in [9.17, 15) is 19.2 Å². The van der Waals surface area contributed by atoms with Crippen molar-refractivity contribution in [3.05, 3.63) is 91.4 Å². The number of hydrogen-bond acceptors (Lipinski definition) is 8. The first kappa shape index (κ1) is 30.6. The number of benzene rings is 2. The number of amides is 1. The molecule has 2 heterocycles. The molecule has 0 fully saturated rings. The molecule has 0 aliphatic rings. The molecule has 2 aromatic heterocycles. The number of rotatable bonds is 9. The normalized spacial score (nSPS) is 12.5. The Morgan fingerprint density at radius 2 is 1.69 bits per heavy atom. The lowest BCUT2D eigenvalue weighted by Crippen LogP contribution is -2.43. The van der Waals surface area contributed by atoms with Crippen LogP contribution in [0.25, 0.3) is 10.2 Å². The number of carbonyl (C=O) groups is 2. The molecule has 10 nitrogen and oxygen atoms in total. The Balaban J connectivity index is 1.52. The molecule has 11 heteroatoms. The number of fused-ring (bicyclic) bond motifs is 1. The smallest absolute Gasteiger partial charge is 0.350 e. The minimum Gasteiger partial charge on any atom is -0.497 e. The first-order chi connectivity index (χ1) is 19.7. The van der Waals surface area contributed by atoms with Crippen LogP contribution in [0, 0.1) is 0 Å². The highest BCUT2D eigenvalue weighted by molar-refractivity contribution is 7.20. The molecule has 0 aliphatic carbocycles. The van der Waals surface area contributed by atoms with Crippen molar-refractivity contribution < 1.29 is 23.8 Å². The van der Waals surface area contributed by atoms with Gasteiger partial charge in [-0.2, -0.15) is 0 Å². The molecule has 0 saturated carbocycles. The third-order valence-corrected chi connectivity index (χ3v) is 7.49. The number of thiophene rings is 1. The minimum atomic E-state index is -1.23. The topological polar surface area (TPSA) is 129 Å². The highest BCUT2D eigenvalue weighted by Crippen LogP contribution is 2.26. The zero-order valence-electron chi connectivity index (χ0n) is 24.7. The third-order valence-electron chi connectivity index (χ3n) is 6.44. The number of aromatic nitrogens is 2. The zero-order chi connectivity index (χ0) is 30.8. The number of methoxy groups -OCH3 is 1. The van der Waals surface area contributed by atoms with E-state index < -0.39 is 34.5 Å². The second-order valence-corrected chi connectivity index (χ2v) is 12.4. The number of aromatic amines is 1. The van der Waals surface area contributed by atoms with E-state index in [4.69, 9.17) is 14.2 Å². The van der Waals surface area contributed by atoms with Crippen LogP contribution in [0.2, 0.25) is 0 Å². The van der Waals surface area contributed by atoms with Gasteiger partial charge in [0.05, 0.1) is 23.4 Å². The molecule has 2 aromatic carbocycles. The van der Waals surface area contributed by atoms with Gasteiger partial charge in [-0.25, -0.2) is 9.59 Å². The lowest BCUT2D eigenvalue weighted by molar-refractivity contribution is -0.170. The van der Waals surface area contributed by atoms with E-state index in [0.717, 1.165) is 21.5 Å². The molecule has 1 unspecified atom stereocenters. The summed E-state index contributed by atoms with van der Waals surface area (Å²) in [6.07, 6.45) is 0. The van der Waals surface area contributed by atoms with Crippen LogP contribution < -0.4 is 26.0 Å².